The number of aromatic nitrogens is 1. The molecule has 2 aromatic carbocycles. The minimum Gasteiger partial charge on any atom is -0.298 e. The molecular formula is C25H26N2S. The zero-order chi connectivity index (χ0) is 18.9. The predicted molar refractivity (Wildman–Crippen MR) is 119 cm³/mol. The Morgan fingerprint density at radius 3 is 2.68 bits per heavy atom. The highest BCUT2D eigenvalue weighted by molar-refractivity contribution is 7.99. The normalized spacial score (nSPS) is 27.6. The van der Waals surface area contributed by atoms with Crippen molar-refractivity contribution in [3.8, 4) is 0 Å². The summed E-state index contributed by atoms with van der Waals surface area (Å²) in [5.41, 5.74) is 2.52. The molecule has 4 heterocycles. The Balaban J connectivity index is 1.57. The van der Waals surface area contributed by atoms with E-state index < -0.39 is 0 Å². The van der Waals surface area contributed by atoms with Crippen molar-refractivity contribution >= 4 is 22.7 Å². The summed E-state index contributed by atoms with van der Waals surface area (Å²) in [6, 6.07) is 22.3. The van der Waals surface area contributed by atoms with E-state index in [2.05, 4.69) is 83.2 Å². The Morgan fingerprint density at radius 2 is 1.89 bits per heavy atom. The molecule has 3 fully saturated rings. The van der Waals surface area contributed by atoms with Crippen LogP contribution in [0.1, 0.15) is 23.7 Å². The third kappa shape index (κ3) is 3.27. The van der Waals surface area contributed by atoms with Crippen LogP contribution in [0.25, 0.3) is 10.9 Å². The number of thioether (sulfide) groups is 1. The number of rotatable bonds is 5. The quantitative estimate of drug-likeness (QED) is 0.397. The van der Waals surface area contributed by atoms with E-state index in [-0.39, 0.29) is 0 Å². The van der Waals surface area contributed by atoms with Crippen LogP contribution in [0.5, 0.6) is 0 Å². The van der Waals surface area contributed by atoms with E-state index in [1.54, 1.807) is 0 Å². The van der Waals surface area contributed by atoms with E-state index in [0.717, 1.165) is 18.0 Å². The van der Waals surface area contributed by atoms with Crippen LogP contribution in [0, 0.1) is 11.8 Å². The van der Waals surface area contributed by atoms with Crippen LogP contribution >= 0.6 is 11.8 Å². The second kappa shape index (κ2) is 7.73. The third-order valence-electron chi connectivity index (χ3n) is 6.50. The van der Waals surface area contributed by atoms with Crippen molar-refractivity contribution in [3.63, 3.8) is 0 Å². The van der Waals surface area contributed by atoms with Gasteiger partial charge in [-0.2, -0.15) is 0 Å². The smallest absolute Gasteiger partial charge is 0.0705 e. The molecule has 0 N–H and O–H groups in total. The van der Waals surface area contributed by atoms with Gasteiger partial charge in [0.1, 0.15) is 0 Å². The van der Waals surface area contributed by atoms with Gasteiger partial charge in [-0.1, -0.05) is 42.5 Å². The number of fused-ring (bicyclic) bond motifs is 4. The molecule has 1 aromatic heterocycles. The fraction of sp³-hybridized carbons (Fsp3) is 0.320. The van der Waals surface area contributed by atoms with E-state index in [0.29, 0.717) is 17.2 Å². The predicted octanol–water partition coefficient (Wildman–Crippen LogP) is 5.96. The van der Waals surface area contributed by atoms with Gasteiger partial charge in [0, 0.05) is 29.1 Å². The molecule has 2 bridgehead atoms. The molecule has 6 rings (SSSR count). The second-order valence-electron chi connectivity index (χ2n) is 8.02. The van der Waals surface area contributed by atoms with Crippen LogP contribution in [0.2, 0.25) is 0 Å². The average Bonchev–Trinajstić information content (AvgIpc) is 2.78. The van der Waals surface area contributed by atoms with Gasteiger partial charge in [-0.15, -0.1) is 18.3 Å². The van der Waals surface area contributed by atoms with E-state index in [1.165, 1.54) is 35.2 Å². The summed E-state index contributed by atoms with van der Waals surface area (Å²) >= 11 is 2.02. The summed E-state index contributed by atoms with van der Waals surface area (Å²) in [6.07, 6.45) is 6.75. The molecule has 3 heteroatoms. The summed E-state index contributed by atoms with van der Waals surface area (Å²) in [7, 11) is 0. The van der Waals surface area contributed by atoms with Crippen molar-refractivity contribution in [1.82, 2.24) is 9.88 Å². The molecule has 28 heavy (non-hydrogen) atoms. The fourth-order valence-corrected chi connectivity index (χ4v) is 6.43. The van der Waals surface area contributed by atoms with Crippen molar-refractivity contribution in [2.75, 3.05) is 13.1 Å². The first kappa shape index (κ1) is 18.0. The van der Waals surface area contributed by atoms with Gasteiger partial charge >= 0.3 is 0 Å². The Morgan fingerprint density at radius 1 is 1.07 bits per heavy atom. The van der Waals surface area contributed by atoms with E-state index in [4.69, 9.17) is 0 Å². The maximum Gasteiger partial charge on any atom is 0.0705 e. The Labute approximate surface area is 171 Å². The molecule has 3 aromatic rings. The Kier molecular flexibility index (Phi) is 4.96. The molecule has 0 spiro atoms. The minimum absolute atomic E-state index is 0.406. The lowest BCUT2D eigenvalue weighted by atomic mass is 9.74. The maximum atomic E-state index is 4.61. The Bertz CT molecular complexity index is 965. The van der Waals surface area contributed by atoms with Crippen LogP contribution in [0.3, 0.4) is 0 Å². The molecule has 3 saturated heterocycles. The third-order valence-corrected chi connectivity index (χ3v) is 7.87. The monoisotopic (exact) mass is 386 g/mol. The van der Waals surface area contributed by atoms with Crippen LogP contribution < -0.4 is 0 Å². The number of para-hydroxylation sites is 1. The number of benzene rings is 2. The van der Waals surface area contributed by atoms with Crippen molar-refractivity contribution in [2.24, 2.45) is 11.8 Å². The van der Waals surface area contributed by atoms with Gasteiger partial charge in [-0.05, 0) is 61.1 Å². The molecule has 2 nitrogen and oxygen atoms in total. The summed E-state index contributed by atoms with van der Waals surface area (Å²) in [6.45, 7) is 6.48. The number of hydrogen-bond donors (Lipinski definition) is 0. The number of hydrogen-bond acceptors (Lipinski definition) is 3. The van der Waals surface area contributed by atoms with E-state index >= 15 is 0 Å². The highest BCUT2D eigenvalue weighted by atomic mass is 32.2. The van der Waals surface area contributed by atoms with Gasteiger partial charge in [-0.25, -0.2) is 0 Å². The number of piperidine rings is 3. The summed E-state index contributed by atoms with van der Waals surface area (Å²) in [5.74, 6) is 1.43. The van der Waals surface area contributed by atoms with Crippen LogP contribution in [0.15, 0.2) is 84.4 Å². The van der Waals surface area contributed by atoms with Gasteiger partial charge in [0.25, 0.3) is 0 Å². The molecule has 5 atom stereocenters. The number of nitrogens with zero attached hydrogens (tertiary/aromatic N) is 2. The summed E-state index contributed by atoms with van der Waals surface area (Å²) in [5, 5.41) is 1.70. The average molecular weight is 387 g/mol. The van der Waals surface area contributed by atoms with Gasteiger partial charge in [-0.3, -0.25) is 9.88 Å². The number of pyridine rings is 1. The minimum atomic E-state index is 0.406. The lowest BCUT2D eigenvalue weighted by Gasteiger charge is -2.51. The SMILES string of the molecule is C=C[C@H]1CN2CC[C@H]1C[C@H]2[C@@H](Sc1ccccc1)c1ccnc2ccccc12. The molecular weight excluding hydrogens is 360 g/mol. The zero-order valence-electron chi connectivity index (χ0n) is 16.1. The van der Waals surface area contributed by atoms with E-state index in [9.17, 15) is 0 Å². The first-order valence-electron chi connectivity index (χ1n) is 10.3. The first-order chi connectivity index (χ1) is 13.8. The molecule has 0 saturated carbocycles. The molecule has 142 valence electrons. The molecule has 1 unspecified atom stereocenters. The maximum absolute atomic E-state index is 4.61. The van der Waals surface area contributed by atoms with Gasteiger partial charge < -0.3 is 0 Å². The van der Waals surface area contributed by atoms with Crippen LogP contribution in [-0.4, -0.2) is 29.0 Å². The standard InChI is InChI=1S/C25H26N2S/c1-2-18-17-27-15-13-19(18)16-24(27)25(28-20-8-4-3-5-9-20)22-12-14-26-23-11-7-6-10-21(22)23/h2-12,14,18-19,24-25H,1,13,15-17H2/t18-,19-,24-,25-/m0/s1. The largest absolute Gasteiger partial charge is 0.298 e. The lowest BCUT2D eigenvalue weighted by Crippen LogP contribution is -2.54. The lowest BCUT2D eigenvalue weighted by molar-refractivity contribution is 0.0183. The summed E-state index contributed by atoms with van der Waals surface area (Å²) in [4.78, 5) is 8.68. The van der Waals surface area contributed by atoms with E-state index in [1.807, 2.05) is 18.0 Å². The molecule has 0 radical (unpaired) electrons. The van der Waals surface area contributed by atoms with Crippen molar-refractivity contribution < 1.29 is 0 Å². The highest BCUT2D eigenvalue weighted by Gasteiger charge is 2.43. The van der Waals surface area contributed by atoms with Gasteiger partial charge in [0.15, 0.2) is 0 Å². The van der Waals surface area contributed by atoms with Gasteiger partial charge in [0.05, 0.1) is 10.8 Å². The summed E-state index contributed by atoms with van der Waals surface area (Å²) < 4.78 is 0. The van der Waals surface area contributed by atoms with Gasteiger partial charge in [0.2, 0.25) is 0 Å². The molecule has 3 aliphatic heterocycles. The van der Waals surface area contributed by atoms with Crippen LogP contribution in [0.4, 0.5) is 0 Å². The highest BCUT2D eigenvalue weighted by Crippen LogP contribution is 2.48. The van der Waals surface area contributed by atoms with Crippen molar-refractivity contribution in [1.29, 1.82) is 0 Å². The molecule has 0 aliphatic carbocycles. The van der Waals surface area contributed by atoms with Crippen molar-refractivity contribution in [3.05, 3.63) is 85.1 Å². The zero-order valence-corrected chi connectivity index (χ0v) is 16.9. The topological polar surface area (TPSA) is 16.1 Å². The first-order valence-corrected chi connectivity index (χ1v) is 11.1. The molecule has 0 amide bonds. The van der Waals surface area contributed by atoms with Crippen molar-refractivity contribution in [2.45, 2.75) is 29.0 Å². The molecule has 3 aliphatic rings. The van der Waals surface area contributed by atoms with Crippen LogP contribution in [-0.2, 0) is 0 Å². The Hall–Kier alpha value is -2.10. The fourth-order valence-electron chi connectivity index (χ4n) is 5.05. The second-order valence-corrected chi connectivity index (χ2v) is 9.23.